The van der Waals surface area contributed by atoms with Gasteiger partial charge in [0.15, 0.2) is 0 Å². The molecule has 0 saturated heterocycles. The number of aromatic nitrogens is 2. The Labute approximate surface area is 128 Å². The Morgan fingerprint density at radius 2 is 2.00 bits per heavy atom. The van der Waals surface area contributed by atoms with Gasteiger partial charge in [0.1, 0.15) is 5.69 Å². The van der Waals surface area contributed by atoms with E-state index in [-0.39, 0.29) is 24.2 Å². The first-order valence-electron chi connectivity index (χ1n) is 6.50. The van der Waals surface area contributed by atoms with Crippen LogP contribution in [0.4, 0.5) is 13.2 Å². The normalized spacial score (nSPS) is 11.3. The van der Waals surface area contributed by atoms with Crippen molar-refractivity contribution in [2.45, 2.75) is 12.6 Å². The molecule has 1 aromatic carbocycles. The van der Waals surface area contributed by atoms with E-state index in [0.717, 1.165) is 6.07 Å². The van der Waals surface area contributed by atoms with E-state index in [1.807, 2.05) is 5.10 Å². The Kier molecular flexibility index (Phi) is 4.68. The molecule has 0 aliphatic carbocycles. The van der Waals surface area contributed by atoms with Crippen LogP contribution >= 0.6 is 0 Å². The van der Waals surface area contributed by atoms with Gasteiger partial charge in [-0.15, -0.1) is 0 Å². The third kappa shape index (κ3) is 4.31. The number of amides is 1. The molecule has 1 heterocycles. The van der Waals surface area contributed by atoms with E-state index < -0.39 is 23.7 Å². The lowest BCUT2D eigenvalue weighted by Crippen LogP contribution is -2.25. The van der Waals surface area contributed by atoms with E-state index in [1.165, 1.54) is 24.3 Å². The van der Waals surface area contributed by atoms with Crippen molar-refractivity contribution in [3.05, 3.63) is 41.6 Å². The lowest BCUT2D eigenvalue weighted by molar-refractivity contribution is -0.141. The van der Waals surface area contributed by atoms with Crippen LogP contribution in [0.3, 0.4) is 0 Å². The molecule has 1 amide bonds. The average Bonchev–Trinajstić information content (AvgIpc) is 2.97. The number of benzene rings is 1. The van der Waals surface area contributed by atoms with Gasteiger partial charge in [-0.25, -0.2) is 0 Å². The second kappa shape index (κ2) is 6.51. The van der Waals surface area contributed by atoms with Gasteiger partial charge in [-0.3, -0.25) is 14.7 Å². The number of halogens is 3. The summed E-state index contributed by atoms with van der Waals surface area (Å²) in [4.78, 5) is 22.2. The molecule has 0 unspecified atom stereocenters. The summed E-state index contributed by atoms with van der Waals surface area (Å²) in [5.74, 6) is -1.56. The van der Waals surface area contributed by atoms with Gasteiger partial charge in [-0.1, -0.05) is 12.1 Å². The Bertz CT molecular complexity index is 725. The molecule has 122 valence electrons. The van der Waals surface area contributed by atoms with Gasteiger partial charge in [-0.05, 0) is 18.2 Å². The summed E-state index contributed by atoms with van der Waals surface area (Å²) in [5, 5.41) is 16.4. The van der Waals surface area contributed by atoms with Gasteiger partial charge in [0, 0.05) is 17.7 Å². The predicted molar refractivity (Wildman–Crippen MR) is 73.6 cm³/mol. The standard InChI is InChI=1S/C14H12F3N3O3/c15-14(16,17)11-7-10(19-20-11)8-2-1-3-9(6-8)13(23)18-5-4-12(21)22/h1-3,6-7H,4-5H2,(H,18,23)(H,19,20)(H,21,22). The van der Waals surface area contributed by atoms with Gasteiger partial charge >= 0.3 is 12.1 Å². The Morgan fingerprint density at radius 3 is 2.61 bits per heavy atom. The SMILES string of the molecule is O=C(O)CCNC(=O)c1cccc(-c2cc(C(F)(F)F)[nH]n2)c1. The number of hydrogen-bond donors (Lipinski definition) is 3. The molecule has 23 heavy (non-hydrogen) atoms. The van der Waals surface area contributed by atoms with Gasteiger partial charge < -0.3 is 10.4 Å². The summed E-state index contributed by atoms with van der Waals surface area (Å²) in [7, 11) is 0. The molecule has 0 saturated carbocycles. The fourth-order valence-corrected chi connectivity index (χ4v) is 1.82. The van der Waals surface area contributed by atoms with Gasteiger partial charge in [0.05, 0.1) is 12.1 Å². The van der Waals surface area contributed by atoms with Crippen molar-refractivity contribution in [3.63, 3.8) is 0 Å². The lowest BCUT2D eigenvalue weighted by Gasteiger charge is -2.05. The average molecular weight is 327 g/mol. The van der Waals surface area contributed by atoms with E-state index in [0.29, 0.717) is 5.56 Å². The fourth-order valence-electron chi connectivity index (χ4n) is 1.82. The lowest BCUT2D eigenvalue weighted by atomic mass is 10.1. The molecule has 2 rings (SSSR count). The van der Waals surface area contributed by atoms with Crippen LogP contribution in [0.1, 0.15) is 22.5 Å². The third-order valence-electron chi connectivity index (χ3n) is 2.93. The monoisotopic (exact) mass is 327 g/mol. The number of rotatable bonds is 5. The van der Waals surface area contributed by atoms with Crippen LogP contribution in [0.2, 0.25) is 0 Å². The molecule has 1 aromatic heterocycles. The van der Waals surface area contributed by atoms with Crippen LogP contribution in [0.25, 0.3) is 11.3 Å². The predicted octanol–water partition coefficient (Wildman–Crippen LogP) is 2.30. The second-order valence-electron chi connectivity index (χ2n) is 4.65. The van der Waals surface area contributed by atoms with Crippen LogP contribution in [0.5, 0.6) is 0 Å². The number of nitrogens with zero attached hydrogens (tertiary/aromatic N) is 1. The summed E-state index contributed by atoms with van der Waals surface area (Å²) in [5.41, 5.74) is -0.395. The number of nitrogens with one attached hydrogen (secondary N) is 2. The molecule has 0 spiro atoms. The van der Waals surface area contributed by atoms with Crippen LogP contribution in [0.15, 0.2) is 30.3 Å². The van der Waals surface area contributed by atoms with Crippen molar-refractivity contribution in [2.75, 3.05) is 6.54 Å². The number of aliphatic carboxylic acids is 1. The summed E-state index contributed by atoms with van der Waals surface area (Å²) < 4.78 is 37.6. The molecular formula is C14H12F3N3O3. The van der Waals surface area contributed by atoms with Crippen LogP contribution in [-0.4, -0.2) is 33.7 Å². The molecular weight excluding hydrogens is 315 g/mol. The van der Waals surface area contributed by atoms with Gasteiger partial charge in [0.25, 0.3) is 5.91 Å². The number of hydrogen-bond acceptors (Lipinski definition) is 3. The molecule has 0 fully saturated rings. The van der Waals surface area contributed by atoms with Crippen molar-refractivity contribution in [1.29, 1.82) is 0 Å². The molecule has 2 aromatic rings. The van der Waals surface area contributed by atoms with Crippen molar-refractivity contribution < 1.29 is 27.9 Å². The van der Waals surface area contributed by atoms with E-state index in [4.69, 9.17) is 5.11 Å². The first-order chi connectivity index (χ1) is 10.8. The van der Waals surface area contributed by atoms with E-state index in [1.54, 1.807) is 0 Å². The minimum atomic E-state index is -4.53. The van der Waals surface area contributed by atoms with Crippen molar-refractivity contribution in [3.8, 4) is 11.3 Å². The zero-order valence-electron chi connectivity index (χ0n) is 11.6. The number of carbonyl (C=O) groups is 2. The zero-order chi connectivity index (χ0) is 17.0. The molecule has 0 aliphatic rings. The highest BCUT2D eigenvalue weighted by molar-refractivity contribution is 5.95. The highest BCUT2D eigenvalue weighted by atomic mass is 19.4. The second-order valence-corrected chi connectivity index (χ2v) is 4.65. The smallest absolute Gasteiger partial charge is 0.432 e. The summed E-state index contributed by atoms with van der Waals surface area (Å²) in [6.45, 7) is -0.0426. The Hall–Kier alpha value is -2.84. The third-order valence-corrected chi connectivity index (χ3v) is 2.93. The number of carboxylic acid groups (broad SMARTS) is 1. The van der Waals surface area contributed by atoms with Gasteiger partial charge in [0.2, 0.25) is 0 Å². The zero-order valence-corrected chi connectivity index (χ0v) is 11.6. The molecule has 6 nitrogen and oxygen atoms in total. The Balaban J connectivity index is 2.15. The quantitative estimate of drug-likeness (QED) is 0.785. The first-order valence-corrected chi connectivity index (χ1v) is 6.50. The van der Waals surface area contributed by atoms with Crippen LogP contribution in [-0.2, 0) is 11.0 Å². The minimum absolute atomic E-state index is 0.0426. The maximum Gasteiger partial charge on any atom is 0.432 e. The van der Waals surface area contributed by atoms with Gasteiger partial charge in [-0.2, -0.15) is 18.3 Å². The van der Waals surface area contributed by atoms with E-state index >= 15 is 0 Å². The summed E-state index contributed by atoms with van der Waals surface area (Å²) in [6.07, 6.45) is -4.75. The summed E-state index contributed by atoms with van der Waals surface area (Å²) in [6, 6.07) is 6.72. The largest absolute Gasteiger partial charge is 0.481 e. The number of carboxylic acids is 1. The van der Waals surface area contributed by atoms with Crippen molar-refractivity contribution in [1.82, 2.24) is 15.5 Å². The molecule has 0 bridgehead atoms. The highest BCUT2D eigenvalue weighted by Crippen LogP contribution is 2.30. The fraction of sp³-hybridized carbons (Fsp3) is 0.214. The maximum absolute atomic E-state index is 12.5. The number of carbonyl (C=O) groups excluding carboxylic acids is 1. The summed E-state index contributed by atoms with van der Waals surface area (Å²) >= 11 is 0. The highest BCUT2D eigenvalue weighted by Gasteiger charge is 2.33. The van der Waals surface area contributed by atoms with Crippen molar-refractivity contribution in [2.24, 2.45) is 0 Å². The van der Waals surface area contributed by atoms with E-state index in [9.17, 15) is 22.8 Å². The first kappa shape index (κ1) is 16.5. The number of H-pyrrole nitrogens is 1. The molecule has 9 heteroatoms. The topological polar surface area (TPSA) is 95.1 Å². The number of alkyl halides is 3. The maximum atomic E-state index is 12.5. The molecule has 0 radical (unpaired) electrons. The Morgan fingerprint density at radius 1 is 1.26 bits per heavy atom. The molecule has 0 aliphatic heterocycles. The van der Waals surface area contributed by atoms with Crippen LogP contribution < -0.4 is 5.32 Å². The van der Waals surface area contributed by atoms with E-state index in [2.05, 4.69) is 10.4 Å². The molecule has 0 atom stereocenters. The van der Waals surface area contributed by atoms with Crippen molar-refractivity contribution >= 4 is 11.9 Å². The number of aromatic amines is 1. The molecule has 3 N–H and O–H groups in total. The minimum Gasteiger partial charge on any atom is -0.481 e. The van der Waals surface area contributed by atoms with Crippen LogP contribution in [0, 0.1) is 0 Å².